The summed E-state index contributed by atoms with van der Waals surface area (Å²) in [5, 5.41) is 0. The molecule has 0 amide bonds. The molecule has 3 aromatic rings. The molecule has 1 aromatic carbocycles. The zero-order valence-corrected chi connectivity index (χ0v) is 18.6. The summed E-state index contributed by atoms with van der Waals surface area (Å²) in [6, 6.07) is 6.36. The molecular formula is C23H30N6O2. The summed E-state index contributed by atoms with van der Waals surface area (Å²) in [6.45, 7) is 8.85. The van der Waals surface area contributed by atoms with Crippen LogP contribution in [0.3, 0.4) is 0 Å². The minimum Gasteiger partial charge on any atom is -0.310 e. The number of piperidine rings is 1. The molecule has 0 saturated carbocycles. The molecule has 0 N–H and O–H groups in total. The maximum absolute atomic E-state index is 13.4. The van der Waals surface area contributed by atoms with Crippen LogP contribution in [0.25, 0.3) is 11.2 Å². The van der Waals surface area contributed by atoms with Gasteiger partial charge < -0.3 is 14.4 Å². The number of likely N-dealkylation sites (tertiary alicyclic amines) is 1. The second kappa shape index (κ2) is 7.67. The van der Waals surface area contributed by atoms with Gasteiger partial charge in [-0.05, 0) is 57.0 Å². The Morgan fingerprint density at radius 2 is 1.74 bits per heavy atom. The smallest absolute Gasteiger partial charge is 0.310 e. The van der Waals surface area contributed by atoms with E-state index in [1.807, 2.05) is 4.57 Å². The molecule has 8 nitrogen and oxygen atoms in total. The second-order valence-electron chi connectivity index (χ2n) is 8.88. The van der Waals surface area contributed by atoms with Crippen LogP contribution < -0.4 is 16.1 Å². The zero-order chi connectivity index (χ0) is 21.7. The summed E-state index contributed by atoms with van der Waals surface area (Å²) < 4.78 is 4.91. The van der Waals surface area contributed by atoms with Crippen LogP contribution in [0.15, 0.2) is 27.8 Å². The van der Waals surface area contributed by atoms with Gasteiger partial charge in [0.2, 0.25) is 5.95 Å². The summed E-state index contributed by atoms with van der Waals surface area (Å²) in [5.74, 6) is 0.740. The molecule has 2 aliphatic heterocycles. The summed E-state index contributed by atoms with van der Waals surface area (Å²) in [4.78, 5) is 35.7. The minimum atomic E-state index is -0.287. The highest BCUT2D eigenvalue weighted by atomic mass is 16.2. The number of aromatic nitrogens is 4. The predicted molar refractivity (Wildman–Crippen MR) is 122 cm³/mol. The van der Waals surface area contributed by atoms with Crippen molar-refractivity contribution < 1.29 is 0 Å². The number of rotatable bonds is 4. The molecule has 0 atom stereocenters. The fourth-order valence-electron chi connectivity index (χ4n) is 4.94. The number of hydrogen-bond acceptors (Lipinski definition) is 5. The van der Waals surface area contributed by atoms with Crippen LogP contribution in [0.1, 0.15) is 30.4 Å². The van der Waals surface area contributed by atoms with Crippen molar-refractivity contribution in [3.8, 4) is 0 Å². The van der Waals surface area contributed by atoms with E-state index >= 15 is 0 Å². The molecule has 8 heteroatoms. The number of aryl methyl sites for hydroxylation is 3. The van der Waals surface area contributed by atoms with Gasteiger partial charge in [0.1, 0.15) is 0 Å². The lowest BCUT2D eigenvalue weighted by Crippen LogP contribution is -2.43. The molecule has 0 spiro atoms. The van der Waals surface area contributed by atoms with Gasteiger partial charge >= 0.3 is 5.69 Å². The Morgan fingerprint density at radius 1 is 0.968 bits per heavy atom. The van der Waals surface area contributed by atoms with E-state index in [9.17, 15) is 9.59 Å². The van der Waals surface area contributed by atoms with Crippen molar-refractivity contribution in [1.29, 1.82) is 0 Å². The fraction of sp³-hybridized carbons (Fsp3) is 0.522. The van der Waals surface area contributed by atoms with Gasteiger partial charge in [0.25, 0.3) is 5.56 Å². The van der Waals surface area contributed by atoms with E-state index in [1.165, 1.54) is 39.5 Å². The molecule has 1 saturated heterocycles. The van der Waals surface area contributed by atoms with Gasteiger partial charge in [-0.1, -0.05) is 18.6 Å². The van der Waals surface area contributed by atoms with Crippen LogP contribution in [0, 0.1) is 13.8 Å². The Balaban J connectivity index is 1.57. The van der Waals surface area contributed by atoms with Gasteiger partial charge in [-0.15, -0.1) is 0 Å². The largest absolute Gasteiger partial charge is 0.332 e. The van der Waals surface area contributed by atoms with Crippen molar-refractivity contribution in [3.63, 3.8) is 0 Å². The van der Waals surface area contributed by atoms with Crippen LogP contribution in [-0.4, -0.2) is 49.8 Å². The number of imidazole rings is 1. The molecule has 2 aromatic heterocycles. The van der Waals surface area contributed by atoms with Crippen LogP contribution in [0.2, 0.25) is 0 Å². The predicted octanol–water partition coefficient (Wildman–Crippen LogP) is 2.15. The molecule has 0 radical (unpaired) electrons. The first kappa shape index (κ1) is 20.1. The van der Waals surface area contributed by atoms with E-state index in [2.05, 4.69) is 41.8 Å². The van der Waals surface area contributed by atoms with Gasteiger partial charge in [0.05, 0.1) is 0 Å². The van der Waals surface area contributed by atoms with Gasteiger partial charge in [-0.2, -0.15) is 4.98 Å². The van der Waals surface area contributed by atoms with E-state index in [0.717, 1.165) is 37.8 Å². The molecule has 0 bridgehead atoms. The molecule has 2 aliphatic rings. The number of fused-ring (bicyclic) bond motifs is 3. The third kappa shape index (κ3) is 3.29. The van der Waals surface area contributed by atoms with E-state index in [0.29, 0.717) is 24.3 Å². The zero-order valence-electron chi connectivity index (χ0n) is 18.6. The van der Waals surface area contributed by atoms with E-state index in [4.69, 9.17) is 4.98 Å². The van der Waals surface area contributed by atoms with Crippen molar-refractivity contribution in [2.24, 2.45) is 7.05 Å². The van der Waals surface area contributed by atoms with E-state index in [1.54, 1.807) is 7.05 Å². The second-order valence-corrected chi connectivity index (χ2v) is 8.88. The third-order valence-electron chi connectivity index (χ3n) is 6.74. The van der Waals surface area contributed by atoms with Gasteiger partial charge in [0, 0.05) is 38.9 Å². The number of nitrogens with zero attached hydrogens (tertiary/aromatic N) is 6. The molecule has 5 rings (SSSR count). The number of hydrogen-bond donors (Lipinski definition) is 0. The first-order chi connectivity index (χ1) is 15.0. The van der Waals surface area contributed by atoms with Gasteiger partial charge in [-0.25, -0.2) is 4.79 Å². The summed E-state index contributed by atoms with van der Waals surface area (Å²) in [7, 11) is 1.71. The van der Waals surface area contributed by atoms with E-state index < -0.39 is 0 Å². The van der Waals surface area contributed by atoms with Crippen LogP contribution in [0.4, 0.5) is 11.6 Å². The Morgan fingerprint density at radius 3 is 2.52 bits per heavy atom. The average molecular weight is 423 g/mol. The van der Waals surface area contributed by atoms with E-state index in [-0.39, 0.29) is 11.2 Å². The van der Waals surface area contributed by atoms with Crippen molar-refractivity contribution in [1.82, 2.24) is 23.6 Å². The SMILES string of the molecule is Cc1ccc(C)c(N2CCn3c2nc2c3c(=O)n(CCN3CCCCC3)c(=O)n2C)c1. The van der Waals surface area contributed by atoms with Crippen molar-refractivity contribution in [2.75, 3.05) is 31.1 Å². The normalized spacial score (nSPS) is 16.9. The minimum absolute atomic E-state index is 0.225. The van der Waals surface area contributed by atoms with Crippen molar-refractivity contribution in [3.05, 3.63) is 50.2 Å². The fourth-order valence-corrected chi connectivity index (χ4v) is 4.94. The number of benzene rings is 1. The van der Waals surface area contributed by atoms with Crippen molar-refractivity contribution >= 4 is 22.8 Å². The topological polar surface area (TPSA) is 68.3 Å². The Hall–Kier alpha value is -2.87. The van der Waals surface area contributed by atoms with Gasteiger partial charge in [0.15, 0.2) is 11.2 Å². The molecule has 0 unspecified atom stereocenters. The van der Waals surface area contributed by atoms with Crippen LogP contribution in [-0.2, 0) is 20.1 Å². The van der Waals surface area contributed by atoms with Crippen LogP contribution in [0.5, 0.6) is 0 Å². The number of anilines is 2. The molecule has 31 heavy (non-hydrogen) atoms. The average Bonchev–Trinajstić information content (AvgIpc) is 3.34. The maximum atomic E-state index is 13.4. The summed E-state index contributed by atoms with van der Waals surface area (Å²) >= 11 is 0. The molecular weight excluding hydrogens is 392 g/mol. The quantitative estimate of drug-likeness (QED) is 0.645. The highest BCUT2D eigenvalue weighted by molar-refractivity contribution is 5.78. The lowest BCUT2D eigenvalue weighted by Gasteiger charge is -2.26. The van der Waals surface area contributed by atoms with Crippen molar-refractivity contribution in [2.45, 2.75) is 46.2 Å². The summed E-state index contributed by atoms with van der Waals surface area (Å²) in [5.41, 5.74) is 3.94. The molecule has 1 fully saturated rings. The highest BCUT2D eigenvalue weighted by Crippen LogP contribution is 2.34. The lowest BCUT2D eigenvalue weighted by molar-refractivity contribution is 0.218. The Labute approximate surface area is 181 Å². The highest BCUT2D eigenvalue weighted by Gasteiger charge is 2.29. The van der Waals surface area contributed by atoms with Crippen LogP contribution >= 0.6 is 0 Å². The Kier molecular flexibility index (Phi) is 4.97. The summed E-state index contributed by atoms with van der Waals surface area (Å²) in [6.07, 6.45) is 3.65. The third-order valence-corrected chi connectivity index (χ3v) is 6.74. The molecule has 0 aliphatic carbocycles. The lowest BCUT2D eigenvalue weighted by atomic mass is 10.1. The standard InChI is InChI=1S/C23H30N6O2/c1-16-7-8-17(2)18(15-16)27-13-14-28-19-20(24-22(27)28)25(3)23(31)29(21(19)30)12-11-26-9-5-4-6-10-26/h7-8,15H,4-6,9-14H2,1-3H3. The monoisotopic (exact) mass is 422 g/mol. The Bertz CT molecular complexity index is 1260. The first-order valence-corrected chi connectivity index (χ1v) is 11.2. The molecule has 4 heterocycles. The maximum Gasteiger partial charge on any atom is 0.332 e. The molecule has 164 valence electrons. The first-order valence-electron chi connectivity index (χ1n) is 11.2. The van der Waals surface area contributed by atoms with Gasteiger partial charge in [-0.3, -0.25) is 13.9 Å².